The van der Waals surface area contributed by atoms with Gasteiger partial charge in [-0.25, -0.2) is 4.39 Å². The summed E-state index contributed by atoms with van der Waals surface area (Å²) in [6.07, 6.45) is 0. The van der Waals surface area contributed by atoms with Crippen LogP contribution in [0.1, 0.15) is 17.3 Å². The molecule has 0 radical (unpaired) electrons. The lowest BCUT2D eigenvalue weighted by atomic mass is 10.1. The fourth-order valence-corrected chi connectivity index (χ4v) is 1.42. The Morgan fingerprint density at radius 2 is 2.29 bits per heavy atom. The average Bonchev–Trinajstić information content (AvgIpc) is 2.29. The van der Waals surface area contributed by atoms with E-state index < -0.39 is 11.7 Å². The Bertz CT molecular complexity index is 453. The molecule has 0 aliphatic heterocycles. The molecule has 1 aromatic carbocycles. The monoisotopic (exact) mass is 274 g/mol. The lowest BCUT2D eigenvalue weighted by Crippen LogP contribution is -2.33. The topological polar surface area (TPSA) is 55.1 Å². The molecule has 0 fully saturated rings. The molecule has 1 atom stereocenters. The Balaban J connectivity index is 2.71. The molecule has 1 rings (SSSR count). The molecule has 1 amide bonds. The van der Waals surface area contributed by atoms with Crippen LogP contribution in [0, 0.1) is 11.7 Å². The average molecular weight is 275 g/mol. The van der Waals surface area contributed by atoms with Crippen LogP contribution in [-0.2, 0) is 0 Å². The second-order valence-corrected chi connectivity index (χ2v) is 4.46. The molecule has 0 aromatic heterocycles. The maximum Gasteiger partial charge on any atom is 0.252 e. The molecule has 6 heteroatoms. The van der Waals surface area contributed by atoms with E-state index >= 15 is 0 Å². The van der Waals surface area contributed by atoms with Gasteiger partial charge in [-0.2, -0.15) is 0 Å². The molecular weight excluding hydrogens is 263 g/mol. The van der Waals surface area contributed by atoms with Crippen LogP contribution >= 0.6 is 23.8 Å². The van der Waals surface area contributed by atoms with Gasteiger partial charge in [0.1, 0.15) is 5.82 Å². The van der Waals surface area contributed by atoms with E-state index in [9.17, 15) is 9.18 Å². The third-order valence-corrected chi connectivity index (χ3v) is 3.04. The van der Waals surface area contributed by atoms with Gasteiger partial charge in [0.2, 0.25) is 0 Å². The molecule has 0 saturated carbocycles. The summed E-state index contributed by atoms with van der Waals surface area (Å²) in [5, 5.41) is 2.40. The lowest BCUT2D eigenvalue weighted by Gasteiger charge is -2.11. The van der Waals surface area contributed by atoms with Crippen LogP contribution in [0.5, 0.6) is 0 Å². The Kier molecular flexibility index (Phi) is 4.84. The molecule has 3 nitrogen and oxygen atoms in total. The number of hydrogen-bond donors (Lipinski definition) is 2. The minimum Gasteiger partial charge on any atom is -0.393 e. The molecule has 92 valence electrons. The second kappa shape index (κ2) is 5.93. The van der Waals surface area contributed by atoms with Crippen LogP contribution in [0.4, 0.5) is 4.39 Å². The Morgan fingerprint density at radius 1 is 1.65 bits per heavy atom. The first-order valence-corrected chi connectivity index (χ1v) is 5.73. The zero-order chi connectivity index (χ0) is 13.0. The molecule has 17 heavy (non-hydrogen) atoms. The van der Waals surface area contributed by atoms with Crippen molar-refractivity contribution >= 4 is 34.7 Å². The van der Waals surface area contributed by atoms with E-state index in [0.29, 0.717) is 11.5 Å². The van der Waals surface area contributed by atoms with E-state index in [2.05, 4.69) is 5.32 Å². The van der Waals surface area contributed by atoms with Crippen LogP contribution in [0.15, 0.2) is 18.2 Å². The first-order valence-electron chi connectivity index (χ1n) is 4.95. The van der Waals surface area contributed by atoms with Crippen molar-refractivity contribution in [3.05, 3.63) is 34.6 Å². The lowest BCUT2D eigenvalue weighted by molar-refractivity contribution is 0.0951. The molecule has 0 aliphatic rings. The van der Waals surface area contributed by atoms with Gasteiger partial charge < -0.3 is 11.1 Å². The predicted molar refractivity (Wildman–Crippen MR) is 69.7 cm³/mol. The van der Waals surface area contributed by atoms with Crippen LogP contribution in [0.2, 0.25) is 5.02 Å². The number of halogens is 2. The summed E-state index contributed by atoms with van der Waals surface area (Å²) >= 11 is 10.5. The standard InChI is InChI=1S/C11H12ClFN2OS/c1-6(10(14)17)5-15-11(16)7-3-2-4-8(13)9(7)12/h2-4,6H,5H2,1H3,(H2,14,17)(H,15,16). The minimum atomic E-state index is -0.623. The molecule has 0 bridgehead atoms. The Morgan fingerprint density at radius 3 is 2.88 bits per heavy atom. The van der Waals surface area contributed by atoms with Crippen molar-refractivity contribution in [1.82, 2.24) is 5.32 Å². The van der Waals surface area contributed by atoms with Gasteiger partial charge in [0, 0.05) is 12.5 Å². The van der Waals surface area contributed by atoms with Gasteiger partial charge in [0.05, 0.1) is 15.6 Å². The van der Waals surface area contributed by atoms with Crippen LogP contribution in [0.3, 0.4) is 0 Å². The summed E-state index contributed by atoms with van der Waals surface area (Å²) in [4.78, 5) is 12.0. The van der Waals surface area contributed by atoms with E-state index in [4.69, 9.17) is 29.6 Å². The smallest absolute Gasteiger partial charge is 0.252 e. The number of rotatable bonds is 4. The number of carbonyl (C=O) groups excluding carboxylic acids is 1. The van der Waals surface area contributed by atoms with Gasteiger partial charge in [-0.3, -0.25) is 4.79 Å². The maximum atomic E-state index is 13.1. The van der Waals surface area contributed by atoms with Gasteiger partial charge in [-0.1, -0.05) is 36.8 Å². The summed E-state index contributed by atoms with van der Waals surface area (Å²) < 4.78 is 13.1. The number of amides is 1. The van der Waals surface area contributed by atoms with E-state index in [1.54, 1.807) is 6.92 Å². The summed E-state index contributed by atoms with van der Waals surface area (Å²) in [5.74, 6) is -1.19. The van der Waals surface area contributed by atoms with Crippen molar-refractivity contribution < 1.29 is 9.18 Å². The highest BCUT2D eigenvalue weighted by Gasteiger charge is 2.14. The SMILES string of the molecule is CC(CNC(=O)c1cccc(F)c1Cl)C(N)=S. The molecule has 3 N–H and O–H groups in total. The van der Waals surface area contributed by atoms with Crippen LogP contribution < -0.4 is 11.1 Å². The quantitative estimate of drug-likeness (QED) is 0.827. The summed E-state index contributed by atoms with van der Waals surface area (Å²) in [5.41, 5.74) is 5.51. The number of nitrogens with one attached hydrogen (secondary N) is 1. The number of benzene rings is 1. The second-order valence-electron chi connectivity index (χ2n) is 3.61. The van der Waals surface area contributed by atoms with Gasteiger partial charge in [0.25, 0.3) is 5.91 Å². The van der Waals surface area contributed by atoms with E-state index in [1.807, 2.05) is 0 Å². The molecule has 1 aromatic rings. The van der Waals surface area contributed by atoms with Gasteiger partial charge in [-0.15, -0.1) is 0 Å². The van der Waals surface area contributed by atoms with Crippen molar-refractivity contribution in [2.45, 2.75) is 6.92 Å². The zero-order valence-electron chi connectivity index (χ0n) is 9.17. The first kappa shape index (κ1) is 13.9. The van der Waals surface area contributed by atoms with E-state index in [1.165, 1.54) is 18.2 Å². The predicted octanol–water partition coefficient (Wildman–Crippen LogP) is 2.13. The minimum absolute atomic E-state index is 0.0989. The van der Waals surface area contributed by atoms with Crippen LogP contribution in [0.25, 0.3) is 0 Å². The third kappa shape index (κ3) is 3.64. The highest BCUT2D eigenvalue weighted by molar-refractivity contribution is 7.80. The number of hydrogen-bond acceptors (Lipinski definition) is 2. The summed E-state index contributed by atoms with van der Waals surface area (Å²) in [6, 6.07) is 4.07. The Labute approximate surface area is 109 Å². The number of nitrogens with two attached hydrogens (primary N) is 1. The first-order chi connectivity index (χ1) is 7.93. The van der Waals surface area contributed by atoms with E-state index in [-0.39, 0.29) is 16.5 Å². The fourth-order valence-electron chi connectivity index (χ4n) is 1.12. The van der Waals surface area contributed by atoms with Gasteiger partial charge >= 0.3 is 0 Å². The molecule has 0 heterocycles. The number of thiocarbonyl (C=S) groups is 1. The van der Waals surface area contributed by atoms with Gasteiger partial charge in [0.15, 0.2) is 0 Å². The zero-order valence-corrected chi connectivity index (χ0v) is 10.7. The maximum absolute atomic E-state index is 13.1. The summed E-state index contributed by atoms with van der Waals surface area (Å²) in [6.45, 7) is 2.08. The van der Waals surface area contributed by atoms with E-state index in [0.717, 1.165) is 0 Å². The molecular formula is C11H12ClFN2OS. The molecule has 1 unspecified atom stereocenters. The number of carbonyl (C=O) groups is 1. The highest BCUT2D eigenvalue weighted by Crippen LogP contribution is 2.19. The Hall–Kier alpha value is -1.20. The molecule has 0 saturated heterocycles. The molecule has 0 spiro atoms. The highest BCUT2D eigenvalue weighted by atomic mass is 35.5. The van der Waals surface area contributed by atoms with Gasteiger partial charge in [-0.05, 0) is 12.1 Å². The van der Waals surface area contributed by atoms with Crippen molar-refractivity contribution in [1.29, 1.82) is 0 Å². The fraction of sp³-hybridized carbons (Fsp3) is 0.273. The summed E-state index contributed by atoms with van der Waals surface area (Å²) in [7, 11) is 0. The molecule has 0 aliphatic carbocycles. The normalized spacial score (nSPS) is 11.9. The van der Waals surface area contributed by atoms with Crippen molar-refractivity contribution in [2.75, 3.05) is 6.54 Å². The largest absolute Gasteiger partial charge is 0.393 e. The third-order valence-electron chi connectivity index (χ3n) is 2.25. The van der Waals surface area contributed by atoms with Crippen molar-refractivity contribution in [3.63, 3.8) is 0 Å². The van der Waals surface area contributed by atoms with Crippen molar-refractivity contribution in [3.8, 4) is 0 Å². The van der Waals surface area contributed by atoms with Crippen molar-refractivity contribution in [2.24, 2.45) is 11.7 Å². The van der Waals surface area contributed by atoms with Crippen LogP contribution in [-0.4, -0.2) is 17.4 Å².